The van der Waals surface area contributed by atoms with Crippen LogP contribution in [0.2, 0.25) is 0 Å². The van der Waals surface area contributed by atoms with Crippen LogP contribution in [0.3, 0.4) is 0 Å². The Morgan fingerprint density at radius 2 is 1.87 bits per heavy atom. The van der Waals surface area contributed by atoms with Gasteiger partial charge in [0.2, 0.25) is 0 Å². The second-order valence-corrected chi connectivity index (χ2v) is 5.20. The minimum absolute atomic E-state index is 0.190. The van der Waals surface area contributed by atoms with Crippen molar-refractivity contribution in [1.82, 2.24) is 4.98 Å². The Kier molecular flexibility index (Phi) is 3.85. The molecule has 0 saturated carbocycles. The number of para-hydroxylation sites is 1. The zero-order valence-corrected chi connectivity index (χ0v) is 12.8. The van der Waals surface area contributed by atoms with Gasteiger partial charge in [-0.3, -0.25) is 9.59 Å². The van der Waals surface area contributed by atoms with Gasteiger partial charge in [-0.05, 0) is 30.7 Å². The van der Waals surface area contributed by atoms with Crippen LogP contribution >= 0.6 is 0 Å². The Balaban J connectivity index is 2.09. The maximum Gasteiger partial charge on any atom is 0.272 e. The van der Waals surface area contributed by atoms with Crippen LogP contribution in [0.1, 0.15) is 16.1 Å². The van der Waals surface area contributed by atoms with Crippen molar-refractivity contribution in [3.8, 4) is 5.75 Å². The smallest absolute Gasteiger partial charge is 0.272 e. The number of rotatable bonds is 3. The van der Waals surface area contributed by atoms with Crippen LogP contribution in [0.25, 0.3) is 10.9 Å². The van der Waals surface area contributed by atoms with Crippen LogP contribution in [0, 0.1) is 6.92 Å². The number of amides is 1. The normalized spacial score (nSPS) is 10.5. The number of carbonyl (C=O) groups is 1. The Morgan fingerprint density at radius 3 is 2.57 bits per heavy atom. The molecular formula is C18H16N2O3. The molecule has 5 nitrogen and oxygen atoms in total. The van der Waals surface area contributed by atoms with Crippen molar-refractivity contribution >= 4 is 22.5 Å². The third-order valence-corrected chi connectivity index (χ3v) is 3.65. The van der Waals surface area contributed by atoms with Gasteiger partial charge in [-0.25, -0.2) is 0 Å². The largest absolute Gasteiger partial charge is 0.495 e. The number of aryl methyl sites for hydroxylation is 1. The number of anilines is 1. The Morgan fingerprint density at radius 1 is 1.13 bits per heavy atom. The zero-order chi connectivity index (χ0) is 16.4. The lowest BCUT2D eigenvalue weighted by atomic mass is 10.1. The van der Waals surface area contributed by atoms with Crippen LogP contribution in [0.5, 0.6) is 5.75 Å². The van der Waals surface area contributed by atoms with E-state index in [-0.39, 0.29) is 17.0 Å². The van der Waals surface area contributed by atoms with E-state index in [1.165, 1.54) is 13.2 Å². The van der Waals surface area contributed by atoms with Crippen molar-refractivity contribution in [3.05, 3.63) is 70.0 Å². The number of H-pyrrole nitrogens is 1. The zero-order valence-electron chi connectivity index (χ0n) is 12.8. The summed E-state index contributed by atoms with van der Waals surface area (Å²) in [4.78, 5) is 27.8. The van der Waals surface area contributed by atoms with Crippen molar-refractivity contribution in [3.63, 3.8) is 0 Å². The van der Waals surface area contributed by atoms with Gasteiger partial charge >= 0.3 is 0 Å². The van der Waals surface area contributed by atoms with Crippen molar-refractivity contribution in [1.29, 1.82) is 0 Å². The van der Waals surface area contributed by atoms with Gasteiger partial charge in [0, 0.05) is 11.8 Å². The molecule has 0 unspecified atom stereocenters. The highest BCUT2D eigenvalue weighted by Gasteiger charge is 2.14. The van der Waals surface area contributed by atoms with Gasteiger partial charge in [-0.2, -0.15) is 0 Å². The molecule has 3 aromatic rings. The number of benzene rings is 2. The second-order valence-electron chi connectivity index (χ2n) is 5.20. The lowest BCUT2D eigenvalue weighted by Crippen LogP contribution is -2.17. The van der Waals surface area contributed by atoms with Gasteiger partial charge in [-0.15, -0.1) is 0 Å². The summed E-state index contributed by atoms with van der Waals surface area (Å²) in [5.41, 5.74) is 1.99. The summed E-state index contributed by atoms with van der Waals surface area (Å²) in [7, 11) is 1.53. The molecule has 5 heteroatoms. The highest BCUT2D eigenvalue weighted by Crippen LogP contribution is 2.24. The van der Waals surface area contributed by atoms with Crippen LogP contribution in [0.4, 0.5) is 5.69 Å². The van der Waals surface area contributed by atoms with Gasteiger partial charge < -0.3 is 15.0 Å². The van der Waals surface area contributed by atoms with Crippen molar-refractivity contribution in [2.24, 2.45) is 0 Å². The number of pyridine rings is 1. The maximum atomic E-state index is 12.4. The van der Waals surface area contributed by atoms with E-state index < -0.39 is 0 Å². The third-order valence-electron chi connectivity index (χ3n) is 3.65. The Labute approximate surface area is 132 Å². The van der Waals surface area contributed by atoms with Gasteiger partial charge in [0.25, 0.3) is 5.91 Å². The van der Waals surface area contributed by atoms with Crippen LogP contribution in [-0.2, 0) is 0 Å². The van der Waals surface area contributed by atoms with Gasteiger partial charge in [0.15, 0.2) is 5.43 Å². The SMILES string of the molecule is COc1ccc(C)c2c(=O)cc(C(=O)Nc3ccccc3)[nH]c12. The molecule has 1 heterocycles. The monoisotopic (exact) mass is 308 g/mol. The van der Waals surface area contributed by atoms with E-state index in [2.05, 4.69) is 10.3 Å². The molecule has 2 aromatic carbocycles. The molecule has 1 aromatic heterocycles. The molecule has 0 saturated heterocycles. The van der Waals surface area contributed by atoms with Crippen molar-refractivity contribution < 1.29 is 9.53 Å². The molecule has 3 rings (SSSR count). The average Bonchev–Trinajstić information content (AvgIpc) is 2.55. The molecule has 2 N–H and O–H groups in total. The van der Waals surface area contributed by atoms with Crippen LogP contribution < -0.4 is 15.5 Å². The first-order valence-corrected chi connectivity index (χ1v) is 7.17. The van der Waals surface area contributed by atoms with Crippen molar-refractivity contribution in [2.45, 2.75) is 6.92 Å². The number of nitrogens with one attached hydrogen (secondary N) is 2. The standard InChI is InChI=1S/C18H16N2O3/c1-11-8-9-15(23-2)17-16(11)14(21)10-13(20-17)18(22)19-12-6-4-3-5-7-12/h3-10H,1-2H3,(H,19,22)(H,20,21). The number of fused-ring (bicyclic) bond motifs is 1. The molecule has 0 bridgehead atoms. The average molecular weight is 308 g/mol. The molecule has 0 fully saturated rings. The predicted octanol–water partition coefficient (Wildman–Crippen LogP) is 3.10. The molecular weight excluding hydrogens is 292 g/mol. The van der Waals surface area contributed by atoms with E-state index in [4.69, 9.17) is 4.74 Å². The molecule has 0 radical (unpaired) electrons. The first-order valence-electron chi connectivity index (χ1n) is 7.17. The molecule has 0 aliphatic rings. The van der Waals surface area contributed by atoms with E-state index in [1.807, 2.05) is 31.2 Å². The summed E-state index contributed by atoms with van der Waals surface area (Å²) < 4.78 is 5.29. The topological polar surface area (TPSA) is 71.2 Å². The van der Waals surface area contributed by atoms with E-state index in [0.717, 1.165) is 5.56 Å². The quantitative estimate of drug-likeness (QED) is 0.781. The van der Waals surface area contributed by atoms with E-state index in [1.54, 1.807) is 18.2 Å². The minimum atomic E-state index is -0.376. The molecule has 0 atom stereocenters. The number of hydrogen-bond acceptors (Lipinski definition) is 3. The fourth-order valence-corrected chi connectivity index (χ4v) is 2.52. The summed E-state index contributed by atoms with van der Waals surface area (Å²) in [6.07, 6.45) is 0. The Bertz CT molecular complexity index is 930. The summed E-state index contributed by atoms with van der Waals surface area (Å²) in [6.45, 7) is 1.85. The number of aromatic nitrogens is 1. The summed E-state index contributed by atoms with van der Waals surface area (Å²) in [5, 5.41) is 3.28. The molecule has 0 aliphatic carbocycles. The number of ether oxygens (including phenoxy) is 1. The highest BCUT2D eigenvalue weighted by atomic mass is 16.5. The number of aromatic amines is 1. The van der Waals surface area contributed by atoms with Crippen LogP contribution in [0.15, 0.2) is 53.3 Å². The number of hydrogen-bond donors (Lipinski definition) is 2. The predicted molar refractivity (Wildman–Crippen MR) is 90.3 cm³/mol. The van der Waals surface area contributed by atoms with Gasteiger partial charge in [-0.1, -0.05) is 24.3 Å². The van der Waals surface area contributed by atoms with Crippen molar-refractivity contribution in [2.75, 3.05) is 12.4 Å². The summed E-state index contributed by atoms with van der Waals surface area (Å²) >= 11 is 0. The molecule has 23 heavy (non-hydrogen) atoms. The van der Waals surface area contributed by atoms with E-state index in [0.29, 0.717) is 22.3 Å². The molecule has 0 aliphatic heterocycles. The van der Waals surface area contributed by atoms with Gasteiger partial charge in [0.1, 0.15) is 11.4 Å². The van der Waals surface area contributed by atoms with Crippen LogP contribution in [-0.4, -0.2) is 18.0 Å². The van der Waals surface area contributed by atoms with E-state index >= 15 is 0 Å². The molecule has 0 spiro atoms. The first-order chi connectivity index (χ1) is 11.1. The lowest BCUT2D eigenvalue weighted by molar-refractivity contribution is 0.102. The Hall–Kier alpha value is -3.08. The summed E-state index contributed by atoms with van der Waals surface area (Å²) in [6, 6.07) is 14.0. The van der Waals surface area contributed by atoms with Gasteiger partial charge in [0.05, 0.1) is 18.0 Å². The fourth-order valence-electron chi connectivity index (χ4n) is 2.52. The minimum Gasteiger partial charge on any atom is -0.495 e. The summed E-state index contributed by atoms with van der Waals surface area (Å²) in [5.74, 6) is 0.149. The van der Waals surface area contributed by atoms with E-state index in [9.17, 15) is 9.59 Å². The number of methoxy groups -OCH3 is 1. The third kappa shape index (κ3) is 2.81. The molecule has 116 valence electrons. The highest BCUT2D eigenvalue weighted by molar-refractivity contribution is 6.04. The molecule has 1 amide bonds. The maximum absolute atomic E-state index is 12.4. The second kappa shape index (κ2) is 5.96. The first kappa shape index (κ1) is 14.8. The lowest BCUT2D eigenvalue weighted by Gasteiger charge is -2.10. The number of carbonyl (C=O) groups excluding carboxylic acids is 1. The fraction of sp³-hybridized carbons (Fsp3) is 0.111.